The lowest BCUT2D eigenvalue weighted by Crippen LogP contribution is -2.31. The number of tetrazole rings is 1. The second-order valence-corrected chi connectivity index (χ2v) is 5.61. The molecule has 7 nitrogen and oxygen atoms in total. The number of halogens is 1. The van der Waals surface area contributed by atoms with Crippen LogP contribution in [0.2, 0.25) is 5.02 Å². The molecular formula is C16H15ClN6O. The summed E-state index contributed by atoms with van der Waals surface area (Å²) in [5, 5.41) is 17.3. The van der Waals surface area contributed by atoms with E-state index in [-0.39, 0.29) is 12.1 Å². The van der Waals surface area contributed by atoms with Crippen molar-refractivity contribution in [1.82, 2.24) is 25.5 Å². The Morgan fingerprint density at radius 3 is 2.67 bits per heavy atom. The average Bonchev–Trinajstić information content (AvgIpc) is 3.10. The van der Waals surface area contributed by atoms with Gasteiger partial charge in [0.25, 0.3) is 0 Å². The molecular weight excluding hydrogens is 328 g/mol. The molecule has 0 radical (unpaired) electrons. The van der Waals surface area contributed by atoms with Crippen LogP contribution >= 0.6 is 11.6 Å². The van der Waals surface area contributed by atoms with Crippen LogP contribution in [0.3, 0.4) is 0 Å². The SMILES string of the molecule is CC(NC(=O)Nc1ccc(-n2cnnn2)cc1)c1cccc(Cl)c1. The summed E-state index contributed by atoms with van der Waals surface area (Å²) in [6.07, 6.45) is 1.50. The Hall–Kier alpha value is -2.93. The van der Waals surface area contributed by atoms with Crippen LogP contribution in [0.4, 0.5) is 10.5 Å². The second-order valence-electron chi connectivity index (χ2n) is 5.18. The van der Waals surface area contributed by atoms with Crippen LogP contribution in [0.1, 0.15) is 18.5 Å². The summed E-state index contributed by atoms with van der Waals surface area (Å²) in [6.45, 7) is 1.89. The van der Waals surface area contributed by atoms with E-state index in [1.54, 1.807) is 18.2 Å². The van der Waals surface area contributed by atoms with Gasteiger partial charge in [0.1, 0.15) is 6.33 Å². The monoisotopic (exact) mass is 342 g/mol. The van der Waals surface area contributed by atoms with Gasteiger partial charge in [0.15, 0.2) is 0 Å². The van der Waals surface area contributed by atoms with E-state index in [1.165, 1.54) is 11.0 Å². The number of hydrogen-bond acceptors (Lipinski definition) is 4. The fourth-order valence-corrected chi connectivity index (χ4v) is 2.40. The van der Waals surface area contributed by atoms with Crippen molar-refractivity contribution < 1.29 is 4.79 Å². The van der Waals surface area contributed by atoms with E-state index in [2.05, 4.69) is 26.2 Å². The maximum atomic E-state index is 12.1. The van der Waals surface area contributed by atoms with Crippen LogP contribution in [0.15, 0.2) is 54.9 Å². The molecule has 0 fully saturated rings. The highest BCUT2D eigenvalue weighted by atomic mass is 35.5. The number of nitrogens with one attached hydrogen (secondary N) is 2. The maximum absolute atomic E-state index is 12.1. The maximum Gasteiger partial charge on any atom is 0.319 e. The van der Waals surface area contributed by atoms with E-state index < -0.39 is 0 Å². The van der Waals surface area contributed by atoms with Gasteiger partial charge in [-0.3, -0.25) is 0 Å². The number of carbonyl (C=O) groups is 1. The number of carbonyl (C=O) groups excluding carboxylic acids is 1. The van der Waals surface area contributed by atoms with Crippen molar-refractivity contribution in [3.63, 3.8) is 0 Å². The third-order valence-corrected chi connectivity index (χ3v) is 3.67. The minimum Gasteiger partial charge on any atom is -0.331 e. The average molecular weight is 343 g/mol. The van der Waals surface area contributed by atoms with Gasteiger partial charge in [-0.15, -0.1) is 5.10 Å². The van der Waals surface area contributed by atoms with Crippen LogP contribution < -0.4 is 10.6 Å². The fraction of sp³-hybridized carbons (Fsp3) is 0.125. The minimum absolute atomic E-state index is 0.163. The van der Waals surface area contributed by atoms with Gasteiger partial charge in [-0.2, -0.15) is 0 Å². The Labute approximate surface area is 143 Å². The van der Waals surface area contributed by atoms with Gasteiger partial charge >= 0.3 is 6.03 Å². The molecule has 1 aromatic heterocycles. The number of hydrogen-bond donors (Lipinski definition) is 2. The summed E-state index contributed by atoms with van der Waals surface area (Å²) >= 11 is 5.97. The zero-order chi connectivity index (χ0) is 16.9. The van der Waals surface area contributed by atoms with Crippen LogP contribution in [0.5, 0.6) is 0 Å². The van der Waals surface area contributed by atoms with Gasteiger partial charge in [-0.05, 0) is 59.3 Å². The highest BCUT2D eigenvalue weighted by molar-refractivity contribution is 6.30. The first-order valence-electron chi connectivity index (χ1n) is 7.28. The van der Waals surface area contributed by atoms with E-state index in [9.17, 15) is 4.79 Å². The smallest absolute Gasteiger partial charge is 0.319 e. The molecule has 8 heteroatoms. The molecule has 0 spiro atoms. The van der Waals surface area contributed by atoms with Crippen molar-refractivity contribution >= 4 is 23.3 Å². The molecule has 0 aliphatic carbocycles. The molecule has 0 aliphatic rings. The van der Waals surface area contributed by atoms with E-state index in [0.717, 1.165) is 11.3 Å². The quantitative estimate of drug-likeness (QED) is 0.762. The molecule has 2 aromatic carbocycles. The third kappa shape index (κ3) is 3.88. The normalized spacial score (nSPS) is 11.8. The first-order valence-corrected chi connectivity index (χ1v) is 7.66. The predicted octanol–water partition coefficient (Wildman–Crippen LogP) is 3.20. The molecule has 0 bridgehead atoms. The zero-order valence-corrected chi connectivity index (χ0v) is 13.6. The predicted molar refractivity (Wildman–Crippen MR) is 91.2 cm³/mol. The number of nitrogens with zero attached hydrogens (tertiary/aromatic N) is 4. The number of anilines is 1. The van der Waals surface area contributed by atoms with Crippen molar-refractivity contribution in [3.05, 3.63) is 65.4 Å². The summed E-state index contributed by atoms with van der Waals surface area (Å²) in [7, 11) is 0. The molecule has 24 heavy (non-hydrogen) atoms. The van der Waals surface area contributed by atoms with E-state index >= 15 is 0 Å². The van der Waals surface area contributed by atoms with Gasteiger partial charge in [0, 0.05) is 10.7 Å². The largest absolute Gasteiger partial charge is 0.331 e. The van der Waals surface area contributed by atoms with E-state index in [0.29, 0.717) is 10.7 Å². The molecule has 3 aromatic rings. The molecule has 1 atom stereocenters. The van der Waals surface area contributed by atoms with Gasteiger partial charge < -0.3 is 10.6 Å². The molecule has 1 unspecified atom stereocenters. The van der Waals surface area contributed by atoms with Gasteiger partial charge in [0.2, 0.25) is 0 Å². The Morgan fingerprint density at radius 2 is 2.00 bits per heavy atom. The summed E-state index contributed by atoms with van der Waals surface area (Å²) in [6, 6.07) is 14.1. The van der Waals surface area contributed by atoms with Crippen molar-refractivity contribution in [1.29, 1.82) is 0 Å². The van der Waals surface area contributed by atoms with Crippen molar-refractivity contribution in [2.24, 2.45) is 0 Å². The van der Waals surface area contributed by atoms with Crippen molar-refractivity contribution in [2.75, 3.05) is 5.32 Å². The number of benzene rings is 2. The van der Waals surface area contributed by atoms with Crippen molar-refractivity contribution in [2.45, 2.75) is 13.0 Å². The molecule has 3 rings (SSSR count). The summed E-state index contributed by atoms with van der Waals surface area (Å²) in [5.74, 6) is 0. The Balaban J connectivity index is 1.60. The number of aromatic nitrogens is 4. The lowest BCUT2D eigenvalue weighted by Gasteiger charge is -2.15. The minimum atomic E-state index is -0.294. The van der Waals surface area contributed by atoms with Crippen LogP contribution in [0, 0.1) is 0 Å². The standard InChI is InChI=1S/C16H15ClN6O/c1-11(12-3-2-4-13(17)9-12)19-16(24)20-14-5-7-15(8-6-14)23-10-18-21-22-23/h2-11H,1H3,(H2,19,20,24). The molecule has 122 valence electrons. The van der Waals surface area contributed by atoms with Gasteiger partial charge in [-0.25, -0.2) is 9.48 Å². The second kappa shape index (κ2) is 7.10. The van der Waals surface area contributed by atoms with E-state index in [4.69, 9.17) is 11.6 Å². The number of amides is 2. The molecule has 2 amide bonds. The highest BCUT2D eigenvalue weighted by Gasteiger charge is 2.10. The number of rotatable bonds is 4. The van der Waals surface area contributed by atoms with Gasteiger partial charge in [0.05, 0.1) is 11.7 Å². The third-order valence-electron chi connectivity index (χ3n) is 3.44. The first-order chi connectivity index (χ1) is 11.6. The summed E-state index contributed by atoms with van der Waals surface area (Å²) in [5.41, 5.74) is 2.41. The Kier molecular flexibility index (Phi) is 4.72. The topological polar surface area (TPSA) is 84.7 Å². The Bertz CT molecular complexity index is 819. The van der Waals surface area contributed by atoms with Crippen LogP contribution in [-0.4, -0.2) is 26.2 Å². The van der Waals surface area contributed by atoms with Crippen LogP contribution in [0.25, 0.3) is 5.69 Å². The lowest BCUT2D eigenvalue weighted by molar-refractivity contribution is 0.249. The van der Waals surface area contributed by atoms with Crippen molar-refractivity contribution in [3.8, 4) is 5.69 Å². The van der Waals surface area contributed by atoms with Crippen LogP contribution in [-0.2, 0) is 0 Å². The zero-order valence-electron chi connectivity index (χ0n) is 12.8. The summed E-state index contributed by atoms with van der Waals surface area (Å²) < 4.78 is 1.53. The Morgan fingerprint density at radius 1 is 1.21 bits per heavy atom. The molecule has 0 saturated heterocycles. The summed E-state index contributed by atoms with van der Waals surface area (Å²) in [4.78, 5) is 12.1. The molecule has 2 N–H and O–H groups in total. The highest BCUT2D eigenvalue weighted by Crippen LogP contribution is 2.18. The molecule has 0 saturated carbocycles. The van der Waals surface area contributed by atoms with E-state index in [1.807, 2.05) is 37.3 Å². The number of urea groups is 1. The molecule has 1 heterocycles. The first kappa shape index (κ1) is 15.9. The van der Waals surface area contributed by atoms with Gasteiger partial charge in [-0.1, -0.05) is 23.7 Å². The lowest BCUT2D eigenvalue weighted by atomic mass is 10.1. The molecule has 0 aliphatic heterocycles. The fourth-order valence-electron chi connectivity index (χ4n) is 2.20.